The Labute approximate surface area is 132 Å². The first-order chi connectivity index (χ1) is 10.6. The summed E-state index contributed by atoms with van der Waals surface area (Å²) >= 11 is 0. The van der Waals surface area contributed by atoms with Crippen molar-refractivity contribution in [3.63, 3.8) is 0 Å². The number of aromatic nitrogens is 2. The Balaban J connectivity index is 1.73. The fourth-order valence-corrected chi connectivity index (χ4v) is 2.65. The van der Waals surface area contributed by atoms with Gasteiger partial charge in [-0.3, -0.25) is 5.10 Å². The number of hydrogen-bond donors (Lipinski definition) is 2. The Bertz CT molecular complexity index is 490. The van der Waals surface area contributed by atoms with Crippen LogP contribution in [0.3, 0.4) is 0 Å². The quantitative estimate of drug-likeness (QED) is 0.626. The molecule has 1 aromatic rings. The second-order valence-electron chi connectivity index (χ2n) is 5.95. The smallest absolute Gasteiger partial charge is 0.317 e. The van der Waals surface area contributed by atoms with Crippen LogP contribution in [0.25, 0.3) is 0 Å². The van der Waals surface area contributed by atoms with E-state index in [0.29, 0.717) is 0 Å². The van der Waals surface area contributed by atoms with E-state index in [1.54, 1.807) is 0 Å². The van der Waals surface area contributed by atoms with Crippen molar-refractivity contribution in [2.75, 3.05) is 31.1 Å². The summed E-state index contributed by atoms with van der Waals surface area (Å²) in [7, 11) is 0. The highest BCUT2D eigenvalue weighted by Gasteiger charge is 2.23. The maximum atomic E-state index is 12.2. The fourth-order valence-electron chi connectivity index (χ4n) is 2.65. The molecule has 6 nitrogen and oxygen atoms in total. The zero-order valence-electron chi connectivity index (χ0n) is 13.6. The molecule has 2 N–H and O–H groups in total. The van der Waals surface area contributed by atoms with E-state index in [1.165, 1.54) is 0 Å². The molecule has 0 saturated carbocycles. The number of rotatable bonds is 6. The number of carbonyl (C=O) groups excluding carboxylic acids is 1. The van der Waals surface area contributed by atoms with Gasteiger partial charge in [-0.1, -0.05) is 6.08 Å². The summed E-state index contributed by atoms with van der Waals surface area (Å²) in [5.41, 5.74) is 1.06. The van der Waals surface area contributed by atoms with Crippen molar-refractivity contribution in [3.8, 4) is 0 Å². The van der Waals surface area contributed by atoms with Crippen LogP contribution in [-0.4, -0.2) is 53.3 Å². The Kier molecular flexibility index (Phi) is 5.86. The van der Waals surface area contributed by atoms with E-state index in [1.807, 2.05) is 24.0 Å². The molecule has 0 radical (unpaired) electrons. The summed E-state index contributed by atoms with van der Waals surface area (Å²) < 4.78 is 0. The Morgan fingerprint density at radius 1 is 1.50 bits per heavy atom. The van der Waals surface area contributed by atoms with E-state index in [2.05, 4.69) is 33.9 Å². The zero-order valence-corrected chi connectivity index (χ0v) is 13.6. The number of hydrogen-bond acceptors (Lipinski definition) is 3. The largest absolute Gasteiger partial charge is 0.352 e. The van der Waals surface area contributed by atoms with Gasteiger partial charge in [0.2, 0.25) is 0 Å². The molecule has 6 heteroatoms. The number of anilines is 1. The van der Waals surface area contributed by atoms with Gasteiger partial charge >= 0.3 is 6.03 Å². The summed E-state index contributed by atoms with van der Waals surface area (Å²) in [4.78, 5) is 16.3. The van der Waals surface area contributed by atoms with Crippen LogP contribution in [0.5, 0.6) is 0 Å². The lowest BCUT2D eigenvalue weighted by molar-refractivity contribution is 0.190. The van der Waals surface area contributed by atoms with Crippen molar-refractivity contribution >= 4 is 11.8 Å². The zero-order chi connectivity index (χ0) is 15.9. The minimum Gasteiger partial charge on any atom is -0.352 e. The minimum atomic E-state index is 0.0453. The van der Waals surface area contributed by atoms with Crippen LogP contribution in [0, 0.1) is 6.92 Å². The topological polar surface area (TPSA) is 64.3 Å². The van der Waals surface area contributed by atoms with Gasteiger partial charge in [-0.15, -0.1) is 6.58 Å². The maximum absolute atomic E-state index is 12.2. The third-order valence-corrected chi connectivity index (χ3v) is 4.00. The number of unbranched alkanes of at least 4 members (excludes halogenated alkanes) is 1. The minimum absolute atomic E-state index is 0.0453. The molecule has 1 aliphatic rings. The van der Waals surface area contributed by atoms with Crippen molar-refractivity contribution in [2.45, 2.75) is 39.2 Å². The van der Waals surface area contributed by atoms with Gasteiger partial charge in [0, 0.05) is 44.0 Å². The highest BCUT2D eigenvalue weighted by atomic mass is 16.2. The number of urea groups is 1. The van der Waals surface area contributed by atoms with Crippen LogP contribution in [0.4, 0.5) is 10.6 Å². The number of aromatic amines is 1. The molecule has 2 amide bonds. The highest BCUT2D eigenvalue weighted by molar-refractivity contribution is 5.74. The summed E-state index contributed by atoms with van der Waals surface area (Å²) in [6.07, 6.45) is 4.98. The molecule has 0 bridgehead atoms. The Morgan fingerprint density at radius 2 is 2.23 bits per heavy atom. The number of allylic oxidation sites excluding steroid dienone is 1. The lowest BCUT2D eigenvalue weighted by Crippen LogP contribution is -2.53. The lowest BCUT2D eigenvalue weighted by atomic mass is 10.1. The van der Waals surface area contributed by atoms with Gasteiger partial charge in [0.05, 0.1) is 0 Å². The molecular formula is C16H27N5O. The van der Waals surface area contributed by atoms with Crippen LogP contribution in [-0.2, 0) is 0 Å². The predicted molar refractivity (Wildman–Crippen MR) is 89.2 cm³/mol. The van der Waals surface area contributed by atoms with Crippen molar-refractivity contribution in [1.82, 2.24) is 20.4 Å². The van der Waals surface area contributed by atoms with E-state index in [4.69, 9.17) is 0 Å². The first kappa shape index (κ1) is 16.4. The molecule has 1 fully saturated rings. The molecule has 122 valence electrons. The average molecular weight is 305 g/mol. The number of carbonyl (C=O) groups is 1. The SMILES string of the molecule is C=CCCCC(C)NC(=O)N1CCN(c2cc(C)[nH]n2)CC1. The van der Waals surface area contributed by atoms with Gasteiger partial charge in [-0.05, 0) is 33.1 Å². The summed E-state index contributed by atoms with van der Waals surface area (Å²) in [6, 6.07) is 2.29. The molecular weight excluding hydrogens is 278 g/mol. The van der Waals surface area contributed by atoms with E-state index < -0.39 is 0 Å². The molecule has 1 saturated heterocycles. The molecule has 1 aromatic heterocycles. The maximum Gasteiger partial charge on any atom is 0.317 e. The molecule has 1 aliphatic heterocycles. The van der Waals surface area contributed by atoms with E-state index in [9.17, 15) is 4.79 Å². The van der Waals surface area contributed by atoms with Crippen LogP contribution in [0.15, 0.2) is 18.7 Å². The van der Waals surface area contributed by atoms with Crippen molar-refractivity contribution < 1.29 is 4.79 Å². The normalized spacial score (nSPS) is 16.5. The van der Waals surface area contributed by atoms with Crippen LogP contribution < -0.4 is 10.2 Å². The molecule has 2 heterocycles. The Morgan fingerprint density at radius 3 is 2.82 bits per heavy atom. The molecule has 0 aliphatic carbocycles. The first-order valence-electron chi connectivity index (χ1n) is 8.03. The second-order valence-corrected chi connectivity index (χ2v) is 5.95. The number of aryl methyl sites for hydroxylation is 1. The van der Waals surface area contributed by atoms with Gasteiger partial charge in [-0.25, -0.2) is 4.79 Å². The molecule has 1 atom stereocenters. The average Bonchev–Trinajstić information content (AvgIpc) is 2.94. The molecule has 1 unspecified atom stereocenters. The molecule has 0 aromatic carbocycles. The van der Waals surface area contributed by atoms with Crippen molar-refractivity contribution in [1.29, 1.82) is 0 Å². The van der Waals surface area contributed by atoms with E-state index >= 15 is 0 Å². The molecule has 0 spiro atoms. The summed E-state index contributed by atoms with van der Waals surface area (Å²) in [5.74, 6) is 0.968. The monoisotopic (exact) mass is 305 g/mol. The highest BCUT2D eigenvalue weighted by Crippen LogP contribution is 2.14. The van der Waals surface area contributed by atoms with Crippen molar-refractivity contribution in [3.05, 3.63) is 24.4 Å². The van der Waals surface area contributed by atoms with Gasteiger partial charge in [-0.2, -0.15) is 5.10 Å². The summed E-state index contributed by atoms with van der Waals surface area (Å²) in [5, 5.41) is 10.3. The lowest BCUT2D eigenvalue weighted by Gasteiger charge is -2.35. The van der Waals surface area contributed by atoms with Gasteiger partial charge in [0.1, 0.15) is 0 Å². The first-order valence-corrected chi connectivity index (χ1v) is 8.03. The fraction of sp³-hybridized carbons (Fsp3) is 0.625. The van der Waals surface area contributed by atoms with Crippen LogP contribution in [0.2, 0.25) is 0 Å². The molecule has 2 rings (SSSR count). The predicted octanol–water partition coefficient (Wildman–Crippen LogP) is 2.29. The van der Waals surface area contributed by atoms with Crippen LogP contribution >= 0.6 is 0 Å². The number of piperazine rings is 1. The van der Waals surface area contributed by atoms with Crippen LogP contribution in [0.1, 0.15) is 31.9 Å². The van der Waals surface area contributed by atoms with Gasteiger partial charge in [0.25, 0.3) is 0 Å². The van der Waals surface area contributed by atoms with Gasteiger partial charge < -0.3 is 15.1 Å². The van der Waals surface area contributed by atoms with Crippen molar-refractivity contribution in [2.24, 2.45) is 0 Å². The Hall–Kier alpha value is -1.98. The van der Waals surface area contributed by atoms with E-state index in [-0.39, 0.29) is 12.1 Å². The van der Waals surface area contributed by atoms with Gasteiger partial charge in [0.15, 0.2) is 5.82 Å². The second kappa shape index (κ2) is 7.87. The number of nitrogens with zero attached hydrogens (tertiary/aromatic N) is 3. The number of amides is 2. The summed E-state index contributed by atoms with van der Waals surface area (Å²) in [6.45, 7) is 10.9. The number of nitrogens with one attached hydrogen (secondary N) is 2. The number of H-pyrrole nitrogens is 1. The third kappa shape index (κ3) is 4.51. The standard InChI is InChI=1S/C16H27N5O/c1-4-5-6-7-13(2)17-16(22)21-10-8-20(9-11-21)15-12-14(3)18-19-15/h4,12-13H,1,5-11H2,2-3H3,(H,17,22)(H,18,19). The molecule has 22 heavy (non-hydrogen) atoms. The van der Waals surface area contributed by atoms with E-state index in [0.717, 1.165) is 57.0 Å². The third-order valence-electron chi connectivity index (χ3n) is 4.00.